The van der Waals surface area contributed by atoms with Crippen LogP contribution in [0.15, 0.2) is 4.99 Å². The van der Waals surface area contributed by atoms with Crippen molar-refractivity contribution in [3.8, 4) is 0 Å². The molecule has 0 aliphatic rings. The van der Waals surface area contributed by atoms with Gasteiger partial charge >= 0.3 is 0 Å². The Morgan fingerprint density at radius 3 is 1.50 bits per heavy atom. The topological polar surface area (TPSA) is 317 Å². The average Bonchev–Trinajstić information content (AvgIpc) is 3.15. The van der Waals surface area contributed by atoms with E-state index in [1.165, 1.54) is 13.8 Å². The van der Waals surface area contributed by atoms with Gasteiger partial charge in [-0.2, -0.15) is 0 Å². The summed E-state index contributed by atoms with van der Waals surface area (Å²) in [5, 5.41) is 31.5. The first-order valence-corrected chi connectivity index (χ1v) is 20.2. The van der Waals surface area contributed by atoms with Crippen LogP contribution in [0.5, 0.6) is 0 Å². The van der Waals surface area contributed by atoms with Crippen molar-refractivity contribution < 1.29 is 43.5 Å². The summed E-state index contributed by atoms with van der Waals surface area (Å²) in [7, 11) is 0. The number of carbonyl (C=O) groups excluding carboxylic acids is 8. The average molecular weight is 826 g/mol. The molecule has 0 bridgehead atoms. The van der Waals surface area contributed by atoms with Crippen molar-refractivity contribution in [2.45, 2.75) is 150 Å². The van der Waals surface area contributed by atoms with Crippen LogP contribution in [0, 0.1) is 17.8 Å². The fourth-order valence-corrected chi connectivity index (χ4v) is 5.66. The van der Waals surface area contributed by atoms with Crippen molar-refractivity contribution in [3.63, 3.8) is 0 Å². The third kappa shape index (κ3) is 19.4. The van der Waals surface area contributed by atoms with Crippen molar-refractivity contribution in [3.05, 3.63) is 0 Å². The lowest BCUT2D eigenvalue weighted by molar-refractivity contribution is -0.138. The second kappa shape index (κ2) is 27.6. The molecule has 0 saturated carbocycles. The quantitative estimate of drug-likeness (QED) is 0.0248. The van der Waals surface area contributed by atoms with Crippen molar-refractivity contribution >= 4 is 53.2 Å². The molecule has 0 aromatic rings. The highest BCUT2D eigenvalue weighted by atomic mass is 16.3. The van der Waals surface area contributed by atoms with Gasteiger partial charge in [-0.1, -0.05) is 67.7 Å². The molecule has 0 unspecified atom stereocenters. The van der Waals surface area contributed by atoms with E-state index < -0.39 is 107 Å². The molecule has 0 aromatic heterocycles. The molecule has 0 aromatic carbocycles. The Kier molecular flexibility index (Phi) is 25.2. The van der Waals surface area contributed by atoms with Gasteiger partial charge in [0, 0.05) is 20.0 Å². The molecule has 58 heavy (non-hydrogen) atoms. The summed E-state index contributed by atoms with van der Waals surface area (Å²) in [6.45, 7) is 16.7. The first-order chi connectivity index (χ1) is 27.1. The highest BCUT2D eigenvalue weighted by Gasteiger charge is 2.37. The molecule has 0 fully saturated rings. The van der Waals surface area contributed by atoms with Crippen molar-refractivity contribution in [2.24, 2.45) is 34.2 Å². The summed E-state index contributed by atoms with van der Waals surface area (Å²) in [5.41, 5.74) is 10.8. The predicted octanol–water partition coefficient (Wildman–Crippen LogP) is -1.85. The van der Waals surface area contributed by atoms with E-state index in [1.54, 1.807) is 48.5 Å². The number of nitrogens with zero attached hydrogens (tertiary/aromatic N) is 1. The Labute approximate surface area is 342 Å². The number of aliphatic hydroxyl groups excluding tert-OH is 1. The molecule has 0 spiro atoms. The number of aliphatic hydroxyl groups is 1. The first-order valence-electron chi connectivity index (χ1n) is 20.2. The summed E-state index contributed by atoms with van der Waals surface area (Å²) >= 11 is 0. The van der Waals surface area contributed by atoms with Gasteiger partial charge in [-0.25, -0.2) is 0 Å². The third-order valence-electron chi connectivity index (χ3n) is 9.55. The Bertz CT molecular complexity index is 1410. The van der Waals surface area contributed by atoms with Crippen LogP contribution in [0.1, 0.15) is 108 Å². The molecule has 8 amide bonds. The van der Waals surface area contributed by atoms with Gasteiger partial charge in [0.2, 0.25) is 47.3 Å². The zero-order valence-corrected chi connectivity index (χ0v) is 36.0. The Morgan fingerprint density at radius 1 is 0.586 bits per heavy atom. The van der Waals surface area contributed by atoms with Gasteiger partial charge in [0.15, 0.2) is 5.96 Å². The van der Waals surface area contributed by atoms with Crippen LogP contribution in [0.4, 0.5) is 0 Å². The van der Waals surface area contributed by atoms with Crippen molar-refractivity contribution in [2.75, 3.05) is 19.6 Å². The molecule has 9 atom stereocenters. The van der Waals surface area contributed by atoms with Gasteiger partial charge in [0.25, 0.3) is 0 Å². The van der Waals surface area contributed by atoms with Gasteiger partial charge in [0.05, 0.1) is 12.6 Å². The molecule has 332 valence electrons. The van der Waals surface area contributed by atoms with Crippen molar-refractivity contribution in [1.82, 2.24) is 42.5 Å². The van der Waals surface area contributed by atoms with Gasteiger partial charge in [0.1, 0.15) is 36.3 Å². The third-order valence-corrected chi connectivity index (χ3v) is 9.55. The fraction of sp³-hybridized carbons (Fsp3) is 0.763. The minimum Gasteiger partial charge on any atom is -0.391 e. The van der Waals surface area contributed by atoms with E-state index in [2.05, 4.69) is 47.5 Å². The predicted molar refractivity (Wildman–Crippen MR) is 219 cm³/mol. The summed E-state index contributed by atoms with van der Waals surface area (Å²) in [6.07, 6.45) is 0.619. The van der Waals surface area contributed by atoms with Crippen LogP contribution in [-0.4, -0.2) is 120 Å². The number of nitrogens with two attached hydrogens (primary N) is 2. The Hall–Kier alpha value is -5.01. The summed E-state index contributed by atoms with van der Waals surface area (Å²) in [4.78, 5) is 109. The Morgan fingerprint density at radius 2 is 1.05 bits per heavy atom. The molecule has 0 saturated heterocycles. The molecule has 0 rings (SSSR count). The maximum atomic E-state index is 13.8. The van der Waals surface area contributed by atoms with Gasteiger partial charge in [-0.3, -0.25) is 43.3 Å². The SMILES string of the molecule is CCC[C@H](NC(=O)[C@@H](NC(=O)[C@H](NC(=O)[C@@H](NC(=O)CNC(C)=O)C(C)C)[C@@H](C)CC)[C@@H](C)O)C(=O)N[C@@H](C(=O)N[C@@H](CCCN=C(N)N)C(=O)NCC)[C@@H](C)CC. The molecule has 20 heteroatoms. The highest BCUT2D eigenvalue weighted by Crippen LogP contribution is 2.13. The van der Waals surface area contributed by atoms with E-state index in [0.717, 1.165) is 0 Å². The lowest BCUT2D eigenvalue weighted by Crippen LogP contribution is -2.63. The second-order valence-corrected chi connectivity index (χ2v) is 14.9. The number of rotatable bonds is 27. The van der Waals surface area contributed by atoms with Crippen LogP contribution in [-0.2, 0) is 38.4 Å². The number of carbonyl (C=O) groups is 8. The molecule has 0 aliphatic carbocycles. The van der Waals surface area contributed by atoms with Crippen LogP contribution < -0.4 is 54.0 Å². The summed E-state index contributed by atoms with van der Waals surface area (Å²) < 4.78 is 0. The van der Waals surface area contributed by atoms with Crippen LogP contribution in [0.25, 0.3) is 0 Å². The van der Waals surface area contributed by atoms with E-state index in [1.807, 2.05) is 6.92 Å². The zero-order chi connectivity index (χ0) is 44.7. The maximum absolute atomic E-state index is 13.8. The zero-order valence-electron chi connectivity index (χ0n) is 36.0. The number of aliphatic imine (C=N–C) groups is 1. The molecule has 0 radical (unpaired) electrons. The molecule has 13 N–H and O–H groups in total. The monoisotopic (exact) mass is 826 g/mol. The number of amides is 8. The van der Waals surface area contributed by atoms with Crippen molar-refractivity contribution in [1.29, 1.82) is 0 Å². The van der Waals surface area contributed by atoms with Gasteiger partial charge < -0.3 is 59.1 Å². The van der Waals surface area contributed by atoms with Crippen LogP contribution in [0.3, 0.4) is 0 Å². The maximum Gasteiger partial charge on any atom is 0.245 e. The van der Waals surface area contributed by atoms with E-state index >= 15 is 0 Å². The lowest BCUT2D eigenvalue weighted by Gasteiger charge is -2.31. The smallest absolute Gasteiger partial charge is 0.245 e. The van der Waals surface area contributed by atoms with Crippen LogP contribution >= 0.6 is 0 Å². The lowest BCUT2D eigenvalue weighted by atomic mass is 9.95. The van der Waals surface area contributed by atoms with Crippen LogP contribution in [0.2, 0.25) is 0 Å². The number of hydrogen-bond donors (Lipinski definition) is 11. The minimum atomic E-state index is -1.56. The second-order valence-electron chi connectivity index (χ2n) is 14.9. The first kappa shape index (κ1) is 53.0. The van der Waals surface area contributed by atoms with E-state index in [4.69, 9.17) is 11.5 Å². The number of hydrogen-bond acceptors (Lipinski definition) is 10. The molecular weight excluding hydrogens is 754 g/mol. The van der Waals surface area contributed by atoms with Gasteiger partial charge in [-0.05, 0) is 50.9 Å². The molecule has 0 heterocycles. The Balaban J connectivity index is 6.18. The highest BCUT2D eigenvalue weighted by molar-refractivity contribution is 5.97. The van der Waals surface area contributed by atoms with E-state index in [-0.39, 0.29) is 31.9 Å². The summed E-state index contributed by atoms with van der Waals surface area (Å²) in [6, 6.07) is -7.06. The van der Waals surface area contributed by atoms with E-state index in [0.29, 0.717) is 32.2 Å². The standard InChI is InChI=1S/C38H71N11O9/c1-11-16-25(33(54)47-29(21(7)12-2)35(56)45-26(32(53)41-14-4)17-15-18-42-38(39)40)44-37(58)31(23(9)50)49-36(57)30(22(8)13-3)48-34(55)28(20(5)6)46-27(52)19-43-24(10)51/h20-23,25-26,28-31,50H,11-19H2,1-10H3,(H,41,53)(H,43,51)(H,44,58)(H,45,56)(H,46,52)(H,47,54)(H,48,55)(H,49,57)(H4,39,40,42)/t21-,22-,23+,25-,26-,28-,29+,30+,31-/m0/s1. The number of nitrogens with one attached hydrogen (secondary N) is 8. The normalized spacial score (nSPS) is 15.7. The molecule has 20 nitrogen and oxygen atoms in total. The minimum absolute atomic E-state index is 0.103. The molecular formula is C38H71N11O9. The van der Waals surface area contributed by atoms with Gasteiger partial charge in [-0.15, -0.1) is 0 Å². The number of guanidine groups is 1. The molecule has 0 aliphatic heterocycles. The largest absolute Gasteiger partial charge is 0.391 e. The van der Waals surface area contributed by atoms with E-state index in [9.17, 15) is 43.5 Å². The summed E-state index contributed by atoms with van der Waals surface area (Å²) in [5.74, 6) is -6.48. The fourth-order valence-electron chi connectivity index (χ4n) is 5.66. The number of likely N-dealkylation sites (N-methyl/N-ethyl adjacent to an activating group) is 1.